The molecule has 21 heavy (non-hydrogen) atoms. The summed E-state index contributed by atoms with van der Waals surface area (Å²) in [5.74, 6) is 0.637. The van der Waals surface area contributed by atoms with Gasteiger partial charge in [0.25, 0.3) is 10.0 Å². The van der Waals surface area contributed by atoms with Crippen molar-refractivity contribution < 1.29 is 12.8 Å². The van der Waals surface area contributed by atoms with Crippen LogP contribution in [0.25, 0.3) is 0 Å². The molecule has 0 saturated heterocycles. The number of thioether (sulfide) groups is 1. The van der Waals surface area contributed by atoms with Crippen molar-refractivity contribution in [2.24, 2.45) is 0 Å². The molecule has 0 bridgehead atoms. The number of rotatable bonds is 7. The molecule has 7 heteroatoms. The van der Waals surface area contributed by atoms with Crippen LogP contribution in [-0.4, -0.2) is 32.0 Å². The lowest BCUT2D eigenvalue weighted by Crippen LogP contribution is -2.32. The molecule has 0 amide bonds. The Morgan fingerprint density at radius 3 is 2.76 bits per heavy atom. The maximum atomic E-state index is 12.3. The molecule has 1 heterocycles. The van der Waals surface area contributed by atoms with Crippen LogP contribution >= 0.6 is 11.8 Å². The molecule has 1 aliphatic carbocycles. The van der Waals surface area contributed by atoms with Crippen LogP contribution in [0.5, 0.6) is 0 Å². The first-order chi connectivity index (χ1) is 9.90. The molecule has 2 N–H and O–H groups in total. The number of sulfonamides is 1. The van der Waals surface area contributed by atoms with Crippen molar-refractivity contribution in [2.45, 2.75) is 62.1 Å². The normalized spacial score (nSPS) is 23.0. The van der Waals surface area contributed by atoms with Crippen molar-refractivity contribution in [3.8, 4) is 0 Å². The van der Waals surface area contributed by atoms with E-state index in [0.717, 1.165) is 19.3 Å². The lowest BCUT2D eigenvalue weighted by atomic mass is 10.3. The second kappa shape index (κ2) is 7.17. The Bertz CT molecular complexity index is 554. The van der Waals surface area contributed by atoms with E-state index < -0.39 is 10.0 Å². The first kappa shape index (κ1) is 16.9. The lowest BCUT2D eigenvalue weighted by molar-refractivity contribution is 0.391. The molecule has 2 atom stereocenters. The van der Waals surface area contributed by atoms with Gasteiger partial charge >= 0.3 is 0 Å². The molecular formula is C14H24N2O3S2. The molecular weight excluding hydrogens is 308 g/mol. The summed E-state index contributed by atoms with van der Waals surface area (Å²) in [7, 11) is -3.55. The topological polar surface area (TPSA) is 71.3 Å². The van der Waals surface area contributed by atoms with Gasteiger partial charge in [-0.05, 0) is 37.7 Å². The van der Waals surface area contributed by atoms with Gasteiger partial charge in [0.2, 0.25) is 5.09 Å². The zero-order chi connectivity index (χ0) is 15.5. The van der Waals surface area contributed by atoms with Crippen LogP contribution in [-0.2, 0) is 16.6 Å². The molecule has 1 saturated carbocycles. The molecule has 120 valence electrons. The number of nitrogens with one attached hydrogen (secondary N) is 2. The Labute approximate surface area is 131 Å². The SMILES string of the molecule is CSC1CCC(NS(=O)(=O)c2ccc(CNC(C)C)o2)C1. The zero-order valence-corrected chi connectivity index (χ0v) is 14.4. The third kappa shape index (κ3) is 4.74. The standard InChI is InChI=1S/C14H24N2O3S2/c1-10(2)15-9-12-5-7-14(19-12)21(17,18)16-11-4-6-13(8-11)20-3/h5,7,10-11,13,15-16H,4,6,8-9H2,1-3H3. The molecule has 1 aliphatic rings. The van der Waals surface area contributed by atoms with Crippen molar-refractivity contribution >= 4 is 21.8 Å². The maximum absolute atomic E-state index is 12.3. The van der Waals surface area contributed by atoms with Gasteiger partial charge in [-0.1, -0.05) is 13.8 Å². The summed E-state index contributed by atoms with van der Waals surface area (Å²) in [6.07, 6.45) is 4.92. The Balaban J connectivity index is 1.96. The summed E-state index contributed by atoms with van der Waals surface area (Å²) in [5, 5.41) is 3.77. The van der Waals surface area contributed by atoms with Gasteiger partial charge in [0.1, 0.15) is 5.76 Å². The van der Waals surface area contributed by atoms with Gasteiger partial charge in [0, 0.05) is 17.3 Å². The van der Waals surface area contributed by atoms with Gasteiger partial charge in [0.15, 0.2) is 0 Å². The highest BCUT2D eigenvalue weighted by atomic mass is 32.2. The molecule has 1 aromatic heterocycles. The number of hydrogen-bond acceptors (Lipinski definition) is 5. The quantitative estimate of drug-likeness (QED) is 0.802. The molecule has 0 aromatic carbocycles. The van der Waals surface area contributed by atoms with Crippen molar-refractivity contribution in [3.63, 3.8) is 0 Å². The van der Waals surface area contributed by atoms with Gasteiger partial charge in [-0.2, -0.15) is 11.8 Å². The minimum Gasteiger partial charge on any atom is -0.447 e. The molecule has 0 radical (unpaired) electrons. The van der Waals surface area contributed by atoms with E-state index in [-0.39, 0.29) is 11.1 Å². The first-order valence-corrected chi connectivity index (χ1v) is 10.0. The van der Waals surface area contributed by atoms with Crippen molar-refractivity contribution in [1.29, 1.82) is 0 Å². The second-order valence-electron chi connectivity index (χ2n) is 5.75. The van der Waals surface area contributed by atoms with E-state index in [1.165, 1.54) is 6.07 Å². The fourth-order valence-electron chi connectivity index (χ4n) is 2.44. The van der Waals surface area contributed by atoms with E-state index in [9.17, 15) is 8.42 Å². The number of furan rings is 1. The van der Waals surface area contributed by atoms with Gasteiger partial charge in [-0.25, -0.2) is 13.1 Å². The van der Waals surface area contributed by atoms with Crippen LogP contribution in [0.1, 0.15) is 38.9 Å². The van der Waals surface area contributed by atoms with Crippen molar-refractivity contribution in [2.75, 3.05) is 6.26 Å². The third-order valence-corrected chi connectivity index (χ3v) is 6.11. The van der Waals surface area contributed by atoms with E-state index in [1.807, 2.05) is 13.8 Å². The molecule has 1 fully saturated rings. The van der Waals surface area contributed by atoms with E-state index in [1.54, 1.807) is 17.8 Å². The highest BCUT2D eigenvalue weighted by molar-refractivity contribution is 7.99. The summed E-state index contributed by atoms with van der Waals surface area (Å²) in [5.41, 5.74) is 0. The molecule has 0 spiro atoms. The summed E-state index contributed by atoms with van der Waals surface area (Å²) in [4.78, 5) is 0. The largest absolute Gasteiger partial charge is 0.447 e. The van der Waals surface area contributed by atoms with Crippen LogP contribution in [0, 0.1) is 0 Å². The Morgan fingerprint density at radius 2 is 2.14 bits per heavy atom. The molecule has 2 rings (SSSR count). The van der Waals surface area contributed by atoms with Gasteiger partial charge in [-0.3, -0.25) is 0 Å². The van der Waals surface area contributed by atoms with E-state index in [4.69, 9.17) is 4.42 Å². The predicted octanol–water partition coefficient (Wildman–Crippen LogP) is 2.34. The van der Waals surface area contributed by atoms with Crippen molar-refractivity contribution in [1.82, 2.24) is 10.0 Å². The van der Waals surface area contributed by atoms with Gasteiger partial charge < -0.3 is 9.73 Å². The Kier molecular flexibility index (Phi) is 5.76. The number of hydrogen-bond donors (Lipinski definition) is 2. The fraction of sp³-hybridized carbons (Fsp3) is 0.714. The predicted molar refractivity (Wildman–Crippen MR) is 85.9 cm³/mol. The van der Waals surface area contributed by atoms with Crippen molar-refractivity contribution in [3.05, 3.63) is 17.9 Å². The highest BCUT2D eigenvalue weighted by Gasteiger charge is 2.29. The second-order valence-corrected chi connectivity index (χ2v) is 8.53. The summed E-state index contributed by atoms with van der Waals surface area (Å²) in [6.45, 7) is 4.60. The first-order valence-electron chi connectivity index (χ1n) is 7.28. The Hall–Kier alpha value is -0.500. The van der Waals surface area contributed by atoms with Crippen LogP contribution in [0.4, 0.5) is 0 Å². The maximum Gasteiger partial charge on any atom is 0.274 e. The Morgan fingerprint density at radius 1 is 1.38 bits per heavy atom. The van der Waals surface area contributed by atoms with Crippen LogP contribution in [0.15, 0.2) is 21.6 Å². The highest BCUT2D eigenvalue weighted by Crippen LogP contribution is 2.29. The van der Waals surface area contributed by atoms with E-state index in [0.29, 0.717) is 23.6 Å². The summed E-state index contributed by atoms with van der Waals surface area (Å²) < 4.78 is 32.8. The summed E-state index contributed by atoms with van der Waals surface area (Å²) >= 11 is 1.80. The monoisotopic (exact) mass is 332 g/mol. The third-order valence-electron chi connectivity index (χ3n) is 3.63. The van der Waals surface area contributed by atoms with Gasteiger partial charge in [0.05, 0.1) is 6.54 Å². The smallest absolute Gasteiger partial charge is 0.274 e. The molecule has 5 nitrogen and oxygen atoms in total. The fourth-order valence-corrected chi connectivity index (χ4v) is 4.47. The van der Waals surface area contributed by atoms with Gasteiger partial charge in [-0.15, -0.1) is 0 Å². The summed E-state index contributed by atoms with van der Waals surface area (Å²) in [6, 6.07) is 3.59. The minimum absolute atomic E-state index is 0.00987. The van der Waals surface area contributed by atoms with Crippen LogP contribution < -0.4 is 10.0 Å². The average molecular weight is 332 g/mol. The lowest BCUT2D eigenvalue weighted by Gasteiger charge is -2.11. The average Bonchev–Trinajstić information content (AvgIpc) is 3.04. The zero-order valence-electron chi connectivity index (χ0n) is 12.8. The van der Waals surface area contributed by atoms with E-state index >= 15 is 0 Å². The van der Waals surface area contributed by atoms with Crippen LogP contribution in [0.2, 0.25) is 0 Å². The van der Waals surface area contributed by atoms with Crippen LogP contribution in [0.3, 0.4) is 0 Å². The molecule has 2 unspecified atom stereocenters. The van der Waals surface area contributed by atoms with E-state index in [2.05, 4.69) is 16.3 Å². The molecule has 1 aromatic rings. The molecule has 0 aliphatic heterocycles. The minimum atomic E-state index is -3.55.